The average Bonchev–Trinajstić information content (AvgIpc) is 3.20. The van der Waals surface area contributed by atoms with Crippen LogP contribution in [0.15, 0.2) is 36.7 Å². The van der Waals surface area contributed by atoms with E-state index in [9.17, 15) is 5.11 Å². The molecule has 3 atom stereocenters. The van der Waals surface area contributed by atoms with Crippen LogP contribution in [0.25, 0.3) is 22.5 Å². The Morgan fingerprint density at radius 1 is 1.03 bits per heavy atom. The zero-order chi connectivity index (χ0) is 22.4. The number of pyridine rings is 1. The van der Waals surface area contributed by atoms with Crippen molar-refractivity contribution in [3.8, 4) is 34.0 Å². The molecule has 0 spiro atoms. The minimum Gasteiger partial charge on any atom is -0.507 e. The molecule has 0 aliphatic carbocycles. The third-order valence-corrected chi connectivity index (χ3v) is 7.22. The van der Waals surface area contributed by atoms with E-state index in [0.29, 0.717) is 29.5 Å². The summed E-state index contributed by atoms with van der Waals surface area (Å²) in [5, 5.41) is 23.1. The Kier molecular flexibility index (Phi) is 5.10. The summed E-state index contributed by atoms with van der Waals surface area (Å²) in [5.41, 5.74) is 3.32. The van der Waals surface area contributed by atoms with Gasteiger partial charge in [0.05, 0.1) is 24.1 Å². The molecule has 2 bridgehead atoms. The van der Waals surface area contributed by atoms with Crippen LogP contribution in [-0.2, 0) is 6.42 Å². The predicted octanol–water partition coefficient (Wildman–Crippen LogP) is 3.35. The number of rotatable bonds is 4. The van der Waals surface area contributed by atoms with Gasteiger partial charge in [0.2, 0.25) is 0 Å². The lowest BCUT2D eigenvalue weighted by atomic mass is 9.99. The normalized spacial score (nSPS) is 23.6. The zero-order valence-electron chi connectivity index (χ0n) is 18.7. The number of aryl methyl sites for hydroxylation is 1. The summed E-state index contributed by atoms with van der Waals surface area (Å²) in [5.74, 6) is 2.12. The summed E-state index contributed by atoms with van der Waals surface area (Å²) in [6, 6.07) is 9.16. The van der Waals surface area contributed by atoms with E-state index in [1.54, 1.807) is 12.3 Å². The Labute approximate surface area is 193 Å². The molecule has 0 amide bonds. The highest BCUT2D eigenvalue weighted by Gasteiger charge is 2.35. The molecule has 1 aromatic carbocycles. The number of fused-ring (bicyclic) bond motifs is 3. The van der Waals surface area contributed by atoms with Crippen molar-refractivity contribution in [1.82, 2.24) is 25.5 Å². The van der Waals surface area contributed by atoms with Gasteiger partial charge in [0.1, 0.15) is 11.5 Å². The van der Waals surface area contributed by atoms with Crippen LogP contribution in [0.1, 0.15) is 37.8 Å². The van der Waals surface area contributed by atoms with E-state index in [4.69, 9.17) is 4.74 Å². The van der Waals surface area contributed by atoms with Gasteiger partial charge in [-0.15, -0.1) is 10.2 Å². The number of anilines is 1. The molecule has 3 aliphatic rings. The first-order chi connectivity index (χ1) is 16.1. The average molecular weight is 445 g/mol. The Morgan fingerprint density at radius 3 is 2.64 bits per heavy atom. The SMILES string of the molecule is CN(c1cnc(-c2ccc(-c3cnc4c(c3)OCCC4)cc2O)nn1)[C@@H]1C[C@H]2CC[C@@H](C1)N2. The maximum absolute atomic E-state index is 10.7. The highest BCUT2D eigenvalue weighted by atomic mass is 16.5. The van der Waals surface area contributed by atoms with Crippen molar-refractivity contribution in [1.29, 1.82) is 0 Å². The molecule has 2 N–H and O–H groups in total. The number of phenolic OH excluding ortho intramolecular Hbond substituents is 1. The Balaban J connectivity index is 1.21. The fourth-order valence-electron chi connectivity index (χ4n) is 5.35. The van der Waals surface area contributed by atoms with Gasteiger partial charge in [-0.2, -0.15) is 0 Å². The number of hydrogen-bond acceptors (Lipinski definition) is 8. The summed E-state index contributed by atoms with van der Waals surface area (Å²) >= 11 is 0. The lowest BCUT2D eigenvalue weighted by Crippen LogP contribution is -2.47. The number of nitrogens with one attached hydrogen (secondary N) is 1. The van der Waals surface area contributed by atoms with Crippen molar-refractivity contribution < 1.29 is 9.84 Å². The molecule has 8 heteroatoms. The fraction of sp³-hybridized carbons (Fsp3) is 0.440. The Hall–Kier alpha value is -3.26. The fourth-order valence-corrected chi connectivity index (χ4v) is 5.35. The number of benzene rings is 1. The second-order valence-corrected chi connectivity index (χ2v) is 9.37. The van der Waals surface area contributed by atoms with Crippen LogP contribution in [0, 0.1) is 0 Å². The highest BCUT2D eigenvalue weighted by Crippen LogP contribution is 2.35. The third-order valence-electron chi connectivity index (χ3n) is 7.22. The highest BCUT2D eigenvalue weighted by molar-refractivity contribution is 5.73. The summed E-state index contributed by atoms with van der Waals surface area (Å²) in [7, 11) is 2.07. The second kappa shape index (κ2) is 8.26. The van der Waals surface area contributed by atoms with Crippen LogP contribution in [0.2, 0.25) is 0 Å². The molecule has 2 fully saturated rings. The van der Waals surface area contributed by atoms with Gasteiger partial charge in [-0.1, -0.05) is 6.07 Å². The minimum atomic E-state index is 0.115. The minimum absolute atomic E-state index is 0.115. The molecule has 0 unspecified atom stereocenters. The molecule has 3 aliphatic heterocycles. The summed E-state index contributed by atoms with van der Waals surface area (Å²) in [4.78, 5) is 11.2. The maximum Gasteiger partial charge on any atom is 0.185 e. The molecule has 2 saturated heterocycles. The van der Waals surface area contributed by atoms with Gasteiger partial charge < -0.3 is 20.1 Å². The van der Waals surface area contributed by atoms with E-state index < -0.39 is 0 Å². The molecular weight excluding hydrogens is 416 g/mol. The van der Waals surface area contributed by atoms with E-state index in [-0.39, 0.29) is 5.75 Å². The summed E-state index contributed by atoms with van der Waals surface area (Å²) < 4.78 is 5.74. The second-order valence-electron chi connectivity index (χ2n) is 9.37. The molecule has 3 aromatic rings. The van der Waals surface area contributed by atoms with Crippen LogP contribution >= 0.6 is 0 Å². The maximum atomic E-state index is 10.7. The van der Waals surface area contributed by atoms with Gasteiger partial charge >= 0.3 is 0 Å². The molecule has 8 nitrogen and oxygen atoms in total. The van der Waals surface area contributed by atoms with Crippen molar-refractivity contribution in [2.24, 2.45) is 0 Å². The van der Waals surface area contributed by atoms with E-state index in [2.05, 4.69) is 37.4 Å². The zero-order valence-corrected chi connectivity index (χ0v) is 18.7. The molecule has 33 heavy (non-hydrogen) atoms. The number of phenols is 1. The quantitative estimate of drug-likeness (QED) is 0.633. The number of aromatic nitrogens is 4. The van der Waals surface area contributed by atoms with Crippen molar-refractivity contribution in [3.05, 3.63) is 42.4 Å². The monoisotopic (exact) mass is 444 g/mol. The summed E-state index contributed by atoms with van der Waals surface area (Å²) in [6.45, 7) is 0.719. The number of hydrogen-bond donors (Lipinski definition) is 2. The number of ether oxygens (including phenoxy) is 1. The van der Waals surface area contributed by atoms with Crippen molar-refractivity contribution in [2.45, 2.75) is 56.7 Å². The molecule has 5 heterocycles. The van der Waals surface area contributed by atoms with Gasteiger partial charge in [-0.3, -0.25) is 4.98 Å². The molecule has 6 rings (SSSR count). The first-order valence-corrected chi connectivity index (χ1v) is 11.8. The lowest BCUT2D eigenvalue weighted by molar-refractivity contribution is 0.285. The molecular formula is C25H28N6O2. The predicted molar refractivity (Wildman–Crippen MR) is 125 cm³/mol. The Bertz CT molecular complexity index is 1160. The van der Waals surface area contributed by atoms with Crippen LogP contribution < -0.4 is 15.0 Å². The van der Waals surface area contributed by atoms with E-state index in [1.165, 1.54) is 12.8 Å². The Morgan fingerprint density at radius 2 is 1.88 bits per heavy atom. The summed E-state index contributed by atoms with van der Waals surface area (Å²) in [6.07, 6.45) is 10.3. The van der Waals surface area contributed by atoms with Crippen molar-refractivity contribution in [3.63, 3.8) is 0 Å². The standard InChI is InChI=1S/C25H28N6O2/c1-31(19-11-17-5-6-18(12-19)28-17)24-14-27-25(30-29-24)20-7-4-15(9-22(20)32)16-10-23-21(26-13-16)3-2-8-33-23/h4,7,9-10,13-14,17-19,28,32H,2-3,5-6,8,11-12H2,1H3/t17-,18+,19-. The van der Waals surface area contributed by atoms with Gasteiger partial charge in [0.25, 0.3) is 0 Å². The van der Waals surface area contributed by atoms with Crippen molar-refractivity contribution in [2.75, 3.05) is 18.6 Å². The molecule has 0 radical (unpaired) electrons. The van der Waals surface area contributed by atoms with Crippen molar-refractivity contribution >= 4 is 5.82 Å². The van der Waals surface area contributed by atoms with E-state index >= 15 is 0 Å². The number of piperidine rings is 1. The smallest absolute Gasteiger partial charge is 0.185 e. The first-order valence-electron chi connectivity index (χ1n) is 11.8. The van der Waals surface area contributed by atoms with Crippen LogP contribution in [0.3, 0.4) is 0 Å². The van der Waals surface area contributed by atoms with E-state index in [1.807, 2.05) is 24.4 Å². The van der Waals surface area contributed by atoms with Crippen LogP contribution in [0.5, 0.6) is 11.5 Å². The first kappa shape index (κ1) is 20.4. The van der Waals surface area contributed by atoms with Gasteiger partial charge in [0, 0.05) is 36.9 Å². The third kappa shape index (κ3) is 3.88. The largest absolute Gasteiger partial charge is 0.507 e. The lowest BCUT2D eigenvalue weighted by Gasteiger charge is -2.35. The van der Waals surface area contributed by atoms with Gasteiger partial charge in [-0.05, 0) is 62.3 Å². The molecule has 170 valence electrons. The molecule has 2 aromatic heterocycles. The molecule has 0 saturated carbocycles. The van der Waals surface area contributed by atoms with Gasteiger partial charge in [0.15, 0.2) is 11.6 Å². The van der Waals surface area contributed by atoms with E-state index in [0.717, 1.165) is 60.7 Å². The van der Waals surface area contributed by atoms with Gasteiger partial charge in [-0.25, -0.2) is 4.98 Å². The topological polar surface area (TPSA) is 96.3 Å². The number of aromatic hydroxyl groups is 1. The van der Waals surface area contributed by atoms with Crippen LogP contribution in [0.4, 0.5) is 5.82 Å². The van der Waals surface area contributed by atoms with Crippen LogP contribution in [-0.4, -0.2) is 57.1 Å². The number of nitrogens with zero attached hydrogens (tertiary/aromatic N) is 5.